The number of ether oxygens (including phenoxy) is 3. The van der Waals surface area contributed by atoms with Crippen LogP contribution in [0.25, 0.3) is 34.0 Å². The molecule has 0 unspecified atom stereocenters. The number of fused-ring (bicyclic) bond motifs is 4. The third-order valence-electron chi connectivity index (χ3n) is 12.9. The van der Waals surface area contributed by atoms with Gasteiger partial charge >= 0.3 is 0 Å². The minimum atomic E-state index is -0.0215. The summed E-state index contributed by atoms with van der Waals surface area (Å²) in [6, 6.07) is 39.0. The van der Waals surface area contributed by atoms with E-state index in [0.29, 0.717) is 59.2 Å². The van der Waals surface area contributed by atoms with Crippen LogP contribution < -0.4 is 29.6 Å². The lowest BCUT2D eigenvalue weighted by Gasteiger charge is -2.13. The number of aryl methyl sites for hydroxylation is 2. The van der Waals surface area contributed by atoms with Gasteiger partial charge in [0.15, 0.2) is 12.4 Å². The Labute approximate surface area is 442 Å². The number of rotatable bonds is 27. The van der Waals surface area contributed by atoms with E-state index in [4.69, 9.17) is 14.2 Å². The maximum absolute atomic E-state index is 12.3. The molecule has 2 aromatic heterocycles. The molecule has 13 heteroatoms. The summed E-state index contributed by atoms with van der Waals surface area (Å²) in [5.41, 5.74) is 7.61. The molecular weight excluding hydrogens is 949 g/mol. The fourth-order valence-electron chi connectivity index (χ4n) is 8.94. The number of hydrogen-bond acceptors (Lipinski definition) is 9. The Morgan fingerprint density at radius 3 is 1.48 bits per heavy atom. The highest BCUT2D eigenvalue weighted by Gasteiger charge is 2.24. The molecule has 0 saturated heterocycles. The van der Waals surface area contributed by atoms with Crippen LogP contribution in [0.3, 0.4) is 0 Å². The summed E-state index contributed by atoms with van der Waals surface area (Å²) in [4.78, 5) is 30.2. The number of nitrogens with zero attached hydrogens (tertiary/aromatic N) is 4. The van der Waals surface area contributed by atoms with E-state index < -0.39 is 0 Å². The molecule has 2 aliphatic rings. The molecule has 386 valence electrons. The Hall–Kier alpha value is -5.70. The van der Waals surface area contributed by atoms with Crippen LogP contribution in [-0.2, 0) is 36.9 Å². The second-order valence-electron chi connectivity index (χ2n) is 18.4. The number of benzene rings is 4. The lowest BCUT2D eigenvalue weighted by molar-refractivity contribution is -0.672. The molecule has 0 atom stereocenters. The van der Waals surface area contributed by atoms with Crippen molar-refractivity contribution in [3.63, 3.8) is 0 Å². The molecule has 2 N–H and O–H groups in total. The van der Waals surface area contributed by atoms with Gasteiger partial charge in [-0.3, -0.25) is 9.59 Å². The molecular formula is C60H76N6O5S2+2. The third kappa shape index (κ3) is 16.7. The molecule has 11 nitrogen and oxygen atoms in total. The van der Waals surface area contributed by atoms with Crippen LogP contribution in [0, 0.1) is 0 Å². The number of hydrogen-bond donors (Lipinski definition) is 2. The van der Waals surface area contributed by atoms with Gasteiger partial charge in [0.2, 0.25) is 22.8 Å². The monoisotopic (exact) mass is 1020 g/mol. The summed E-state index contributed by atoms with van der Waals surface area (Å²) in [6.07, 6.45) is 19.3. The molecule has 0 radical (unpaired) electrons. The zero-order valence-corrected chi connectivity index (χ0v) is 45.1. The Morgan fingerprint density at radius 1 is 0.534 bits per heavy atom. The van der Waals surface area contributed by atoms with Crippen molar-refractivity contribution in [1.82, 2.24) is 10.6 Å². The smallest absolute Gasteiger partial charge is 0.219 e. The summed E-state index contributed by atoms with van der Waals surface area (Å²) in [6.45, 7) is 10.3. The van der Waals surface area contributed by atoms with Crippen LogP contribution in [0.5, 0.6) is 0 Å². The molecule has 0 spiro atoms. The second-order valence-corrected chi connectivity index (χ2v) is 20.6. The van der Waals surface area contributed by atoms with Gasteiger partial charge in [-0.05, 0) is 91.8 Å². The summed E-state index contributed by atoms with van der Waals surface area (Å²) >= 11 is 3.67. The Balaban J connectivity index is 0.000000244. The third-order valence-corrected chi connectivity index (χ3v) is 15.3. The number of carbonyl (C=O) groups excluding carboxylic acids is 2. The van der Waals surface area contributed by atoms with Crippen LogP contribution in [0.2, 0.25) is 0 Å². The zero-order valence-electron chi connectivity index (χ0n) is 43.5. The van der Waals surface area contributed by atoms with E-state index in [1.807, 2.05) is 23.5 Å². The highest BCUT2D eigenvalue weighted by atomic mass is 32.2. The van der Waals surface area contributed by atoms with Crippen molar-refractivity contribution >= 4 is 80.7 Å². The summed E-state index contributed by atoms with van der Waals surface area (Å²) in [5.74, 6) is 0.0830. The highest BCUT2D eigenvalue weighted by Crippen LogP contribution is 2.46. The molecule has 8 rings (SSSR count). The largest absolute Gasteiger partial charge is 0.379 e. The quantitative estimate of drug-likeness (QED) is 0.0386. The average molecular weight is 1030 g/mol. The standard InChI is InChI=1S/C36H48N4O5S.C24H27N2S/c1-29(41)37-18-10-22-43-24-26-45-27-25-44-23-11-19-38-35(42)16-4-3-9-20-40-21-17-30(31-12-5-6-13-32(31)40)28-36-39(2)33-14-7-8-15-34(33)46-36;1-3-4-5-10-16-26-17-15-19(20-11-6-7-12-21(20)26)18-24-25(2)22-13-8-9-14-23(22)27-24/h5-8,12-15,17,21,28H,3-4,9-11,16,18-20,22-27H2,1-2H3,(H-,37,38,41,42);6-9,11-15,17-18H,3-5,10,16H2,1-2H3/q;+1/p+1. The predicted molar refractivity (Wildman–Crippen MR) is 302 cm³/mol. The van der Waals surface area contributed by atoms with Gasteiger partial charge in [-0.15, -0.1) is 0 Å². The number of amides is 2. The molecule has 0 saturated carbocycles. The molecule has 4 aromatic carbocycles. The Bertz CT molecular complexity index is 2780. The number of unbranched alkanes of at least 4 members (excludes halogenated alkanes) is 5. The van der Waals surface area contributed by atoms with Crippen molar-refractivity contribution in [3.8, 4) is 0 Å². The van der Waals surface area contributed by atoms with Crippen LogP contribution in [0.1, 0.15) is 89.2 Å². The maximum Gasteiger partial charge on any atom is 0.219 e. The van der Waals surface area contributed by atoms with Gasteiger partial charge in [-0.25, -0.2) is 0 Å². The molecule has 0 aliphatic carbocycles. The highest BCUT2D eigenvalue weighted by molar-refractivity contribution is 8.04. The molecule has 2 aliphatic heterocycles. The van der Waals surface area contributed by atoms with Crippen molar-refractivity contribution < 1.29 is 32.9 Å². The average Bonchev–Trinajstić information content (AvgIpc) is 3.90. The fourth-order valence-corrected chi connectivity index (χ4v) is 11.1. The Morgan fingerprint density at radius 2 is 0.986 bits per heavy atom. The minimum Gasteiger partial charge on any atom is -0.379 e. The number of anilines is 2. The molecule has 6 aromatic rings. The molecule has 73 heavy (non-hydrogen) atoms. The van der Waals surface area contributed by atoms with Crippen molar-refractivity contribution in [2.75, 3.05) is 76.6 Å². The lowest BCUT2D eigenvalue weighted by atomic mass is 10.1. The van der Waals surface area contributed by atoms with Gasteiger partial charge in [0.1, 0.15) is 13.1 Å². The van der Waals surface area contributed by atoms with Gasteiger partial charge in [0, 0.05) is 101 Å². The fraction of sp³-hybridized carbons (Fsp3) is 0.400. The van der Waals surface area contributed by atoms with Crippen molar-refractivity contribution in [2.45, 2.75) is 101 Å². The van der Waals surface area contributed by atoms with Gasteiger partial charge in [0.25, 0.3) is 0 Å². The predicted octanol–water partition coefficient (Wildman–Crippen LogP) is 11.6. The SMILES string of the molecule is CC(=O)NCCCOCCOCCOCCCNC(=O)CCCCC[n+]1ccc(C=C2Sc3ccccc3N2C)c2ccccc21.CCCCCC[n+]1ccc(C=C2Sc3ccccc3N2C)c2ccccc21. The zero-order chi connectivity index (χ0) is 51.0. The minimum absolute atomic E-state index is 0.0215. The molecule has 0 fully saturated rings. The molecule has 4 heterocycles. The first kappa shape index (κ1) is 55.1. The van der Waals surface area contributed by atoms with E-state index in [9.17, 15) is 9.59 Å². The number of aromatic nitrogens is 2. The summed E-state index contributed by atoms with van der Waals surface area (Å²) in [7, 11) is 4.29. The van der Waals surface area contributed by atoms with Gasteiger partial charge in [0.05, 0.1) is 58.6 Å². The van der Waals surface area contributed by atoms with E-state index >= 15 is 0 Å². The summed E-state index contributed by atoms with van der Waals surface area (Å²) in [5, 5.41) is 10.8. The van der Waals surface area contributed by atoms with E-state index in [0.717, 1.165) is 45.2 Å². The van der Waals surface area contributed by atoms with E-state index in [-0.39, 0.29) is 11.8 Å². The van der Waals surface area contributed by atoms with E-state index in [1.165, 1.54) is 96.8 Å². The van der Waals surface area contributed by atoms with Crippen LogP contribution in [0.15, 0.2) is 141 Å². The van der Waals surface area contributed by atoms with E-state index in [2.05, 4.69) is 184 Å². The second kappa shape index (κ2) is 29.9. The number of nitrogens with one attached hydrogen (secondary N) is 2. The first-order valence-corrected chi connectivity index (χ1v) is 28.0. The van der Waals surface area contributed by atoms with E-state index in [1.54, 1.807) is 0 Å². The number of pyridine rings is 2. The van der Waals surface area contributed by atoms with Crippen molar-refractivity contribution in [1.29, 1.82) is 0 Å². The first-order valence-electron chi connectivity index (χ1n) is 26.3. The van der Waals surface area contributed by atoms with Crippen molar-refractivity contribution in [3.05, 3.63) is 143 Å². The van der Waals surface area contributed by atoms with Crippen LogP contribution in [0.4, 0.5) is 11.4 Å². The molecule has 2 amide bonds. The first-order chi connectivity index (χ1) is 35.8. The van der Waals surface area contributed by atoms with Gasteiger partial charge in [-0.2, -0.15) is 9.13 Å². The Kier molecular flexibility index (Phi) is 22.5. The number of carbonyl (C=O) groups is 2. The summed E-state index contributed by atoms with van der Waals surface area (Å²) < 4.78 is 21.2. The van der Waals surface area contributed by atoms with Gasteiger partial charge < -0.3 is 34.6 Å². The van der Waals surface area contributed by atoms with Crippen molar-refractivity contribution in [2.24, 2.45) is 0 Å². The lowest BCUT2D eigenvalue weighted by Crippen LogP contribution is -2.34. The number of para-hydroxylation sites is 4. The number of thioether (sulfide) groups is 2. The topological polar surface area (TPSA) is 100 Å². The van der Waals surface area contributed by atoms with Gasteiger partial charge in [-0.1, -0.05) is 91.8 Å². The maximum atomic E-state index is 12.3. The molecule has 0 bridgehead atoms. The van der Waals surface area contributed by atoms with Crippen LogP contribution in [-0.4, -0.2) is 78.6 Å². The van der Waals surface area contributed by atoms with Crippen LogP contribution >= 0.6 is 23.5 Å². The normalized spacial score (nSPS) is 13.9.